The van der Waals surface area contributed by atoms with Crippen molar-refractivity contribution < 1.29 is 4.79 Å². The van der Waals surface area contributed by atoms with Gasteiger partial charge in [0.2, 0.25) is 0 Å². The van der Waals surface area contributed by atoms with E-state index in [1.165, 1.54) is 5.56 Å². The number of carbonyl (C=O) groups excluding carboxylic acids is 1. The van der Waals surface area contributed by atoms with E-state index in [4.69, 9.17) is 0 Å². The summed E-state index contributed by atoms with van der Waals surface area (Å²) in [5.41, 5.74) is 3.40. The molecule has 3 aromatic rings. The number of aromatic nitrogens is 3. The van der Waals surface area contributed by atoms with E-state index in [1.54, 1.807) is 30.9 Å². The van der Waals surface area contributed by atoms with Gasteiger partial charge in [-0.1, -0.05) is 6.07 Å². The van der Waals surface area contributed by atoms with Gasteiger partial charge in [0.25, 0.3) is 5.91 Å². The molecule has 26 heavy (non-hydrogen) atoms. The summed E-state index contributed by atoms with van der Waals surface area (Å²) in [5.74, 6) is -0.208. The summed E-state index contributed by atoms with van der Waals surface area (Å²) in [7, 11) is 2.01. The van der Waals surface area contributed by atoms with Crippen LogP contribution in [0.2, 0.25) is 0 Å². The molecular weight excluding hydrogens is 326 g/mol. The van der Waals surface area contributed by atoms with Gasteiger partial charge in [-0.3, -0.25) is 19.7 Å². The molecule has 0 aliphatic heterocycles. The normalized spacial score (nSPS) is 10.3. The Balaban J connectivity index is 1.59. The van der Waals surface area contributed by atoms with Gasteiger partial charge in [0.1, 0.15) is 5.69 Å². The Morgan fingerprint density at radius 2 is 1.88 bits per heavy atom. The lowest BCUT2D eigenvalue weighted by Crippen LogP contribution is -2.25. The van der Waals surface area contributed by atoms with Crippen molar-refractivity contribution in [1.29, 1.82) is 0 Å². The zero-order chi connectivity index (χ0) is 18.2. The predicted molar refractivity (Wildman–Crippen MR) is 101 cm³/mol. The van der Waals surface area contributed by atoms with Crippen LogP contribution in [-0.2, 0) is 13.0 Å². The molecule has 0 radical (unpaired) electrons. The minimum atomic E-state index is -0.208. The third kappa shape index (κ3) is 4.86. The number of nitrogens with zero attached hydrogens (tertiary/aromatic N) is 4. The van der Waals surface area contributed by atoms with Gasteiger partial charge in [0, 0.05) is 44.1 Å². The maximum Gasteiger partial charge on any atom is 0.270 e. The number of amides is 1. The van der Waals surface area contributed by atoms with E-state index < -0.39 is 0 Å². The molecule has 3 aromatic heterocycles. The van der Waals surface area contributed by atoms with Gasteiger partial charge < -0.3 is 10.2 Å². The average molecular weight is 347 g/mol. The van der Waals surface area contributed by atoms with Crippen LogP contribution in [0.25, 0.3) is 0 Å². The first-order valence-electron chi connectivity index (χ1n) is 8.46. The summed E-state index contributed by atoms with van der Waals surface area (Å²) < 4.78 is 0. The van der Waals surface area contributed by atoms with Crippen LogP contribution in [0.15, 0.2) is 67.3 Å². The van der Waals surface area contributed by atoms with Crippen LogP contribution in [0.3, 0.4) is 0 Å². The van der Waals surface area contributed by atoms with Crippen molar-refractivity contribution in [2.45, 2.75) is 13.0 Å². The summed E-state index contributed by atoms with van der Waals surface area (Å²) in [6.45, 7) is 1.21. The highest BCUT2D eigenvalue weighted by atomic mass is 16.1. The highest BCUT2D eigenvalue weighted by Crippen LogP contribution is 2.14. The van der Waals surface area contributed by atoms with Gasteiger partial charge in [-0.2, -0.15) is 0 Å². The topological polar surface area (TPSA) is 71.0 Å². The third-order valence-corrected chi connectivity index (χ3v) is 4.06. The van der Waals surface area contributed by atoms with E-state index in [1.807, 2.05) is 43.4 Å². The molecule has 0 bridgehead atoms. The van der Waals surface area contributed by atoms with Crippen molar-refractivity contribution in [3.63, 3.8) is 0 Å². The third-order valence-electron chi connectivity index (χ3n) is 4.06. The monoisotopic (exact) mass is 347 g/mol. The van der Waals surface area contributed by atoms with E-state index in [-0.39, 0.29) is 5.91 Å². The number of hydrogen-bond donors (Lipinski definition) is 1. The number of hydrogen-bond acceptors (Lipinski definition) is 5. The van der Waals surface area contributed by atoms with Crippen molar-refractivity contribution in [2.75, 3.05) is 18.5 Å². The van der Waals surface area contributed by atoms with E-state index in [9.17, 15) is 4.79 Å². The molecule has 6 heteroatoms. The lowest BCUT2D eigenvalue weighted by molar-refractivity contribution is 0.0945. The highest BCUT2D eigenvalue weighted by molar-refractivity contribution is 5.93. The SMILES string of the molecule is CN(CCc1ccncc1)c1ccnc(C(=O)NCc2ccccn2)c1. The maximum absolute atomic E-state index is 12.3. The highest BCUT2D eigenvalue weighted by Gasteiger charge is 2.10. The van der Waals surface area contributed by atoms with Crippen LogP contribution in [0.4, 0.5) is 5.69 Å². The Morgan fingerprint density at radius 1 is 1.04 bits per heavy atom. The fourth-order valence-corrected chi connectivity index (χ4v) is 2.52. The molecule has 0 saturated heterocycles. The van der Waals surface area contributed by atoms with Gasteiger partial charge in [-0.15, -0.1) is 0 Å². The minimum Gasteiger partial charge on any atom is -0.374 e. The Labute approximate surface area is 153 Å². The van der Waals surface area contributed by atoms with Crippen LogP contribution in [0.1, 0.15) is 21.7 Å². The number of nitrogens with one attached hydrogen (secondary N) is 1. The smallest absolute Gasteiger partial charge is 0.270 e. The minimum absolute atomic E-state index is 0.208. The molecular formula is C20H21N5O. The molecule has 0 saturated carbocycles. The second kappa shape index (κ2) is 8.71. The molecule has 6 nitrogen and oxygen atoms in total. The van der Waals surface area contributed by atoms with Gasteiger partial charge in [-0.25, -0.2) is 0 Å². The lowest BCUT2D eigenvalue weighted by atomic mass is 10.2. The van der Waals surface area contributed by atoms with Crippen molar-refractivity contribution >= 4 is 11.6 Å². The molecule has 3 rings (SSSR count). The van der Waals surface area contributed by atoms with Gasteiger partial charge in [0.05, 0.1) is 12.2 Å². The maximum atomic E-state index is 12.3. The molecule has 0 atom stereocenters. The summed E-state index contributed by atoms with van der Waals surface area (Å²) in [5, 5.41) is 2.85. The first-order valence-corrected chi connectivity index (χ1v) is 8.46. The van der Waals surface area contributed by atoms with Gasteiger partial charge in [-0.05, 0) is 48.4 Å². The molecule has 0 unspecified atom stereocenters. The fourth-order valence-electron chi connectivity index (χ4n) is 2.52. The number of anilines is 1. The van der Waals surface area contributed by atoms with Gasteiger partial charge in [0.15, 0.2) is 0 Å². The zero-order valence-electron chi connectivity index (χ0n) is 14.7. The zero-order valence-corrected chi connectivity index (χ0v) is 14.7. The van der Waals surface area contributed by atoms with E-state index in [2.05, 4.69) is 25.2 Å². The summed E-state index contributed by atoms with van der Waals surface area (Å²) >= 11 is 0. The number of carbonyl (C=O) groups is 1. The standard InChI is InChI=1S/C20H21N5O/c1-25(13-8-16-5-10-21-11-6-16)18-7-12-23-19(14-18)20(26)24-15-17-4-2-3-9-22-17/h2-7,9-12,14H,8,13,15H2,1H3,(H,24,26). The lowest BCUT2D eigenvalue weighted by Gasteiger charge is -2.19. The summed E-state index contributed by atoms with van der Waals surface area (Å²) in [6.07, 6.45) is 7.87. The average Bonchev–Trinajstić information content (AvgIpc) is 2.72. The first kappa shape index (κ1) is 17.5. The molecule has 0 aliphatic carbocycles. The van der Waals surface area contributed by atoms with Crippen LogP contribution in [0.5, 0.6) is 0 Å². The van der Waals surface area contributed by atoms with Crippen molar-refractivity contribution in [3.8, 4) is 0 Å². The van der Waals surface area contributed by atoms with Crippen LogP contribution >= 0.6 is 0 Å². The molecule has 0 aromatic carbocycles. The quantitative estimate of drug-likeness (QED) is 0.711. The molecule has 1 N–H and O–H groups in total. The summed E-state index contributed by atoms with van der Waals surface area (Å²) in [6, 6.07) is 13.3. The summed E-state index contributed by atoms with van der Waals surface area (Å²) in [4.78, 5) is 26.9. The second-order valence-electron chi connectivity index (χ2n) is 5.93. The number of likely N-dealkylation sites (N-methyl/N-ethyl adjacent to an activating group) is 1. The molecule has 1 amide bonds. The Morgan fingerprint density at radius 3 is 2.65 bits per heavy atom. The van der Waals surface area contributed by atoms with Crippen molar-refractivity contribution in [2.24, 2.45) is 0 Å². The Bertz CT molecular complexity index is 839. The Hall–Kier alpha value is -3.28. The van der Waals surface area contributed by atoms with Gasteiger partial charge >= 0.3 is 0 Å². The first-order chi connectivity index (χ1) is 12.7. The Kier molecular flexibility index (Phi) is 5.88. The number of rotatable bonds is 7. The molecule has 0 spiro atoms. The van der Waals surface area contributed by atoms with E-state index in [0.29, 0.717) is 12.2 Å². The van der Waals surface area contributed by atoms with E-state index in [0.717, 1.165) is 24.3 Å². The number of pyridine rings is 3. The van der Waals surface area contributed by atoms with Crippen molar-refractivity contribution in [1.82, 2.24) is 20.3 Å². The van der Waals surface area contributed by atoms with Crippen molar-refractivity contribution in [3.05, 3.63) is 84.2 Å². The molecule has 0 fully saturated rings. The fraction of sp³-hybridized carbons (Fsp3) is 0.200. The second-order valence-corrected chi connectivity index (χ2v) is 5.93. The van der Waals surface area contributed by atoms with Crippen LogP contribution < -0.4 is 10.2 Å². The van der Waals surface area contributed by atoms with Crippen LogP contribution in [-0.4, -0.2) is 34.5 Å². The molecule has 0 aliphatic rings. The molecule has 132 valence electrons. The largest absolute Gasteiger partial charge is 0.374 e. The predicted octanol–water partition coefficient (Wildman–Crippen LogP) is 2.48. The van der Waals surface area contributed by atoms with E-state index >= 15 is 0 Å². The molecule has 3 heterocycles. The van der Waals surface area contributed by atoms with Crippen LogP contribution in [0, 0.1) is 0 Å².